The first-order valence-electron chi connectivity index (χ1n) is 8.77. The number of fused-ring (bicyclic) bond motifs is 1. The Bertz CT molecular complexity index is 1160. The van der Waals surface area contributed by atoms with E-state index in [4.69, 9.17) is 9.47 Å². The molecular formula is C20H15N5O3S. The highest BCUT2D eigenvalue weighted by atomic mass is 32.1. The molecule has 5 rings (SSSR count). The Morgan fingerprint density at radius 2 is 1.90 bits per heavy atom. The number of carbonyl (C=O) groups is 1. The van der Waals surface area contributed by atoms with E-state index in [0.29, 0.717) is 27.2 Å². The van der Waals surface area contributed by atoms with Crippen LogP contribution in [-0.2, 0) is 0 Å². The van der Waals surface area contributed by atoms with Crippen molar-refractivity contribution < 1.29 is 14.3 Å². The Morgan fingerprint density at radius 3 is 2.72 bits per heavy atom. The van der Waals surface area contributed by atoms with Gasteiger partial charge in [-0.15, -0.1) is 0 Å². The number of ether oxygens (including phenoxy) is 2. The molecule has 0 bridgehead atoms. The van der Waals surface area contributed by atoms with Crippen molar-refractivity contribution in [2.24, 2.45) is 0 Å². The van der Waals surface area contributed by atoms with Gasteiger partial charge >= 0.3 is 0 Å². The number of imidazole rings is 1. The lowest BCUT2D eigenvalue weighted by atomic mass is 10.2. The molecule has 2 N–H and O–H groups in total. The Hall–Kier alpha value is -3.85. The van der Waals surface area contributed by atoms with Crippen molar-refractivity contribution in [2.75, 3.05) is 17.4 Å². The highest BCUT2D eigenvalue weighted by Crippen LogP contribution is 2.34. The van der Waals surface area contributed by atoms with Crippen LogP contribution in [-0.4, -0.2) is 27.2 Å². The minimum atomic E-state index is -0.232. The van der Waals surface area contributed by atoms with Gasteiger partial charge in [0, 0.05) is 35.5 Å². The van der Waals surface area contributed by atoms with Gasteiger partial charge in [0.2, 0.25) is 6.79 Å². The highest BCUT2D eigenvalue weighted by Gasteiger charge is 2.16. The molecule has 9 heteroatoms. The summed E-state index contributed by atoms with van der Waals surface area (Å²) in [5.41, 5.74) is 2.53. The molecule has 0 saturated carbocycles. The molecule has 0 atom stereocenters. The molecule has 144 valence electrons. The highest BCUT2D eigenvalue weighted by molar-refractivity contribution is 7.17. The molecule has 1 aliphatic rings. The zero-order valence-electron chi connectivity index (χ0n) is 15.0. The molecule has 29 heavy (non-hydrogen) atoms. The van der Waals surface area contributed by atoms with Gasteiger partial charge in [-0.05, 0) is 36.4 Å². The van der Waals surface area contributed by atoms with Crippen LogP contribution in [0.3, 0.4) is 0 Å². The van der Waals surface area contributed by atoms with E-state index >= 15 is 0 Å². The number of nitrogens with zero attached hydrogens (tertiary/aromatic N) is 3. The van der Waals surface area contributed by atoms with E-state index in [2.05, 4.69) is 20.6 Å². The van der Waals surface area contributed by atoms with Crippen molar-refractivity contribution in [1.82, 2.24) is 14.5 Å². The van der Waals surface area contributed by atoms with E-state index in [0.717, 1.165) is 11.4 Å². The molecule has 2 aromatic heterocycles. The lowest BCUT2D eigenvalue weighted by molar-refractivity contribution is 0.103. The van der Waals surface area contributed by atoms with Crippen LogP contribution in [0.4, 0.5) is 16.5 Å². The Kier molecular flexibility index (Phi) is 4.34. The number of thiazole rings is 1. The number of nitrogens with one attached hydrogen (secondary N) is 2. The number of amides is 1. The summed E-state index contributed by atoms with van der Waals surface area (Å²) in [7, 11) is 0. The normalized spacial score (nSPS) is 12.0. The molecule has 0 unspecified atom stereocenters. The third kappa shape index (κ3) is 3.63. The third-order valence-electron chi connectivity index (χ3n) is 4.28. The van der Waals surface area contributed by atoms with Crippen LogP contribution in [0.1, 0.15) is 9.67 Å². The number of carbonyl (C=O) groups excluding carboxylic acids is 1. The maximum absolute atomic E-state index is 12.5. The first kappa shape index (κ1) is 17.3. The molecule has 0 spiro atoms. The molecule has 0 aliphatic carbocycles. The van der Waals surface area contributed by atoms with Gasteiger partial charge in [-0.3, -0.25) is 4.79 Å². The fourth-order valence-electron chi connectivity index (χ4n) is 2.86. The topological polar surface area (TPSA) is 90.3 Å². The SMILES string of the molecule is O=C(Nc1ccc2c(c1)OCO2)c1cnc(Nc2ccc(-n3ccnc3)cc2)s1. The van der Waals surface area contributed by atoms with Crippen LogP contribution < -0.4 is 20.1 Å². The third-order valence-corrected chi connectivity index (χ3v) is 5.19. The average Bonchev–Trinajstić information content (AvgIpc) is 3.50. The van der Waals surface area contributed by atoms with Crippen molar-refractivity contribution in [1.29, 1.82) is 0 Å². The van der Waals surface area contributed by atoms with Gasteiger partial charge in [-0.25, -0.2) is 9.97 Å². The number of rotatable bonds is 5. The van der Waals surface area contributed by atoms with Gasteiger partial charge in [0.25, 0.3) is 5.91 Å². The van der Waals surface area contributed by atoms with Crippen LogP contribution in [0, 0.1) is 0 Å². The molecule has 0 fully saturated rings. The summed E-state index contributed by atoms with van der Waals surface area (Å²) in [6.07, 6.45) is 6.91. The summed E-state index contributed by atoms with van der Waals surface area (Å²) < 4.78 is 12.5. The zero-order valence-corrected chi connectivity index (χ0v) is 15.8. The second-order valence-electron chi connectivity index (χ2n) is 6.19. The Labute approximate surface area is 169 Å². The van der Waals surface area contributed by atoms with Crippen molar-refractivity contribution in [3.8, 4) is 17.2 Å². The molecular weight excluding hydrogens is 390 g/mol. The van der Waals surface area contributed by atoms with Crippen molar-refractivity contribution in [3.63, 3.8) is 0 Å². The van der Waals surface area contributed by atoms with Gasteiger partial charge in [0.05, 0.1) is 12.5 Å². The van der Waals surface area contributed by atoms with Crippen molar-refractivity contribution in [3.05, 3.63) is 72.3 Å². The van der Waals surface area contributed by atoms with E-state index in [1.807, 2.05) is 35.0 Å². The fraction of sp³-hybridized carbons (Fsp3) is 0.0500. The van der Waals surface area contributed by atoms with E-state index in [1.165, 1.54) is 11.3 Å². The number of hydrogen-bond donors (Lipinski definition) is 2. The van der Waals surface area contributed by atoms with Crippen LogP contribution in [0.15, 0.2) is 67.4 Å². The summed E-state index contributed by atoms with van der Waals surface area (Å²) >= 11 is 1.28. The van der Waals surface area contributed by atoms with E-state index < -0.39 is 0 Å². The summed E-state index contributed by atoms with van der Waals surface area (Å²) in [6, 6.07) is 13.1. The van der Waals surface area contributed by atoms with Crippen LogP contribution in [0.25, 0.3) is 5.69 Å². The van der Waals surface area contributed by atoms with Crippen molar-refractivity contribution in [2.45, 2.75) is 0 Å². The smallest absolute Gasteiger partial charge is 0.267 e. The van der Waals surface area contributed by atoms with Gasteiger partial charge in [-0.1, -0.05) is 11.3 Å². The Balaban J connectivity index is 1.25. The fourth-order valence-corrected chi connectivity index (χ4v) is 3.59. The first-order valence-corrected chi connectivity index (χ1v) is 9.58. The second-order valence-corrected chi connectivity index (χ2v) is 7.22. The molecule has 0 saturated heterocycles. The molecule has 1 amide bonds. The first-order chi connectivity index (χ1) is 14.2. The lowest BCUT2D eigenvalue weighted by Crippen LogP contribution is -2.09. The molecule has 8 nitrogen and oxygen atoms in total. The quantitative estimate of drug-likeness (QED) is 0.521. The maximum Gasteiger partial charge on any atom is 0.267 e. The number of aromatic nitrogens is 3. The van der Waals surface area contributed by atoms with Crippen LogP contribution >= 0.6 is 11.3 Å². The molecule has 0 radical (unpaired) electrons. The maximum atomic E-state index is 12.5. The predicted octanol–water partition coefficient (Wildman–Crippen LogP) is 4.05. The summed E-state index contributed by atoms with van der Waals surface area (Å²) in [4.78, 5) is 21.3. The standard InChI is InChI=1S/C20H15N5O3S/c26-19(23-14-3-6-16-17(9-14)28-12-27-16)18-10-22-20(29-18)24-13-1-4-15(5-2-13)25-8-7-21-11-25/h1-11H,12H2,(H,22,24)(H,23,26). The van der Waals surface area contributed by atoms with Gasteiger partial charge < -0.3 is 24.7 Å². The van der Waals surface area contributed by atoms with E-state index in [9.17, 15) is 4.79 Å². The van der Waals surface area contributed by atoms with Crippen LogP contribution in [0.5, 0.6) is 11.5 Å². The number of hydrogen-bond acceptors (Lipinski definition) is 7. The number of anilines is 3. The summed E-state index contributed by atoms with van der Waals surface area (Å²) in [6.45, 7) is 0.194. The summed E-state index contributed by atoms with van der Waals surface area (Å²) in [5, 5.41) is 6.70. The van der Waals surface area contributed by atoms with Crippen LogP contribution in [0.2, 0.25) is 0 Å². The summed E-state index contributed by atoms with van der Waals surface area (Å²) in [5.74, 6) is 1.06. The molecule has 3 heterocycles. The van der Waals surface area contributed by atoms with Crippen molar-refractivity contribution >= 4 is 33.8 Å². The average molecular weight is 405 g/mol. The van der Waals surface area contributed by atoms with E-state index in [1.54, 1.807) is 36.9 Å². The second kappa shape index (κ2) is 7.28. The minimum absolute atomic E-state index is 0.194. The van der Waals surface area contributed by atoms with Gasteiger partial charge in [0.1, 0.15) is 4.88 Å². The van der Waals surface area contributed by atoms with Gasteiger partial charge in [0.15, 0.2) is 16.6 Å². The monoisotopic (exact) mass is 405 g/mol. The molecule has 1 aliphatic heterocycles. The molecule has 2 aromatic carbocycles. The minimum Gasteiger partial charge on any atom is -0.454 e. The molecule has 4 aromatic rings. The predicted molar refractivity (Wildman–Crippen MR) is 109 cm³/mol. The van der Waals surface area contributed by atoms with Gasteiger partial charge in [-0.2, -0.15) is 0 Å². The zero-order chi connectivity index (χ0) is 19.6. The van der Waals surface area contributed by atoms with E-state index in [-0.39, 0.29) is 12.7 Å². The number of benzene rings is 2. The largest absolute Gasteiger partial charge is 0.454 e. The Morgan fingerprint density at radius 1 is 1.07 bits per heavy atom. The lowest BCUT2D eigenvalue weighted by Gasteiger charge is -2.05.